The molecule has 2 aromatic heterocycles. The fraction of sp³-hybridized carbons (Fsp3) is 0.0625. The van der Waals surface area contributed by atoms with Gasteiger partial charge in [0.25, 0.3) is 0 Å². The summed E-state index contributed by atoms with van der Waals surface area (Å²) in [5.41, 5.74) is 2.04. The highest BCUT2D eigenvalue weighted by Crippen LogP contribution is 2.42. The number of allylic oxidation sites excluding steroid dienone is 1. The number of halogens is 3. The second-order valence-corrected chi connectivity index (χ2v) is 8.40. The summed E-state index contributed by atoms with van der Waals surface area (Å²) in [6.45, 7) is 4.52. The quantitative estimate of drug-likeness (QED) is 0.326. The second kappa shape index (κ2) is 6.74. The van der Waals surface area contributed by atoms with Gasteiger partial charge in [-0.2, -0.15) is 0 Å². The molecule has 0 radical (unpaired) electrons. The lowest BCUT2D eigenvalue weighted by atomic mass is 10.1. The number of rotatable bonds is 4. The highest BCUT2D eigenvalue weighted by atomic mass is 127. The van der Waals surface area contributed by atoms with E-state index in [1.165, 1.54) is 2.88 Å². The third-order valence-corrected chi connectivity index (χ3v) is 5.61. The van der Waals surface area contributed by atoms with E-state index < -0.39 is 0 Å². The van der Waals surface area contributed by atoms with Gasteiger partial charge in [0.05, 0.1) is 7.76 Å². The van der Waals surface area contributed by atoms with Crippen molar-refractivity contribution in [3.63, 3.8) is 0 Å². The van der Waals surface area contributed by atoms with Crippen LogP contribution in [0.25, 0.3) is 21.8 Å². The summed E-state index contributed by atoms with van der Waals surface area (Å²) in [5, 5.41) is 1.28. The van der Waals surface area contributed by atoms with E-state index in [4.69, 9.17) is 23.2 Å². The molecule has 2 heterocycles. The van der Waals surface area contributed by atoms with Gasteiger partial charge in [0.2, 0.25) is 0 Å². The lowest BCUT2D eigenvalue weighted by Crippen LogP contribution is -1.96. The van der Waals surface area contributed by atoms with Crippen LogP contribution in [0.2, 0.25) is 10.0 Å². The first-order valence-corrected chi connectivity index (χ1v) is 9.12. The van der Waals surface area contributed by atoms with Crippen LogP contribution in [0.4, 0.5) is 0 Å². The van der Waals surface area contributed by atoms with Crippen LogP contribution in [0, 0.1) is 2.88 Å². The zero-order valence-electron chi connectivity index (χ0n) is 11.4. The van der Waals surface area contributed by atoms with Crippen molar-refractivity contribution < 1.29 is 0 Å². The van der Waals surface area contributed by atoms with Gasteiger partial charge in [-0.3, -0.25) is 0 Å². The topological polar surface area (TPSA) is 17.8 Å². The van der Waals surface area contributed by atoms with E-state index >= 15 is 0 Å². The summed E-state index contributed by atoms with van der Waals surface area (Å²) in [4.78, 5) is 5.60. The first-order valence-electron chi connectivity index (χ1n) is 6.47. The van der Waals surface area contributed by atoms with Crippen LogP contribution in [-0.2, 0) is 6.54 Å². The predicted octanol–water partition coefficient (Wildman–Crippen LogP) is 6.38. The summed E-state index contributed by atoms with van der Waals surface area (Å²) in [6.07, 6.45) is 5.62. The maximum absolute atomic E-state index is 6.38. The molecule has 6 heteroatoms. The molecule has 1 aromatic carbocycles. The van der Waals surface area contributed by atoms with Crippen LogP contribution in [-0.4, -0.2) is 9.55 Å². The van der Waals surface area contributed by atoms with Gasteiger partial charge in [-0.25, -0.2) is 4.98 Å². The molecule has 0 saturated heterocycles. The number of hydrogen-bond donors (Lipinski definition) is 0. The summed E-state index contributed by atoms with van der Waals surface area (Å²) >= 11 is 16.4. The minimum atomic E-state index is 0.633. The van der Waals surface area contributed by atoms with Crippen molar-refractivity contribution in [1.82, 2.24) is 9.55 Å². The Morgan fingerprint density at radius 3 is 2.82 bits per heavy atom. The van der Waals surface area contributed by atoms with Gasteiger partial charge in [0, 0.05) is 40.1 Å². The summed E-state index contributed by atoms with van der Waals surface area (Å²) < 4.78 is 3.25. The number of benzene rings is 1. The molecule has 0 N–H and O–H groups in total. The van der Waals surface area contributed by atoms with Gasteiger partial charge in [-0.05, 0) is 40.8 Å². The zero-order chi connectivity index (χ0) is 15.7. The van der Waals surface area contributed by atoms with Crippen molar-refractivity contribution in [2.24, 2.45) is 0 Å². The second-order valence-electron chi connectivity index (χ2n) is 4.61. The molecule has 3 rings (SSSR count). The molecule has 0 fully saturated rings. The Balaban J connectivity index is 2.18. The molecular weight excluding hydrogens is 450 g/mol. The molecule has 0 unspecified atom stereocenters. The maximum Gasteiger partial charge on any atom is 0.150 e. The van der Waals surface area contributed by atoms with Crippen molar-refractivity contribution in [2.75, 3.05) is 0 Å². The number of thiophene rings is 1. The lowest BCUT2D eigenvalue weighted by molar-refractivity contribution is 0.834. The number of nitrogens with zero attached hydrogens (tertiary/aromatic N) is 2. The van der Waals surface area contributed by atoms with E-state index in [2.05, 4.69) is 44.8 Å². The van der Waals surface area contributed by atoms with Gasteiger partial charge >= 0.3 is 0 Å². The Hall–Kier alpha value is -0.820. The summed E-state index contributed by atoms with van der Waals surface area (Å²) in [6, 6.07) is 7.70. The molecule has 0 bridgehead atoms. The van der Waals surface area contributed by atoms with E-state index in [0.717, 1.165) is 28.4 Å². The molecule has 0 aliphatic heterocycles. The third kappa shape index (κ3) is 3.11. The van der Waals surface area contributed by atoms with Gasteiger partial charge in [0.15, 0.2) is 5.82 Å². The first-order chi connectivity index (χ1) is 10.6. The van der Waals surface area contributed by atoms with Crippen LogP contribution < -0.4 is 0 Å². The smallest absolute Gasteiger partial charge is 0.150 e. The molecule has 0 aliphatic carbocycles. The average Bonchev–Trinajstić information content (AvgIpc) is 3.05. The molecular formula is C16H11Cl2IN2S. The predicted molar refractivity (Wildman–Crippen MR) is 104 cm³/mol. The number of hydrogen-bond acceptors (Lipinski definition) is 2. The van der Waals surface area contributed by atoms with E-state index in [1.54, 1.807) is 23.6 Å². The monoisotopic (exact) mass is 460 g/mol. The summed E-state index contributed by atoms with van der Waals surface area (Å²) in [5.74, 6) is 0.925. The van der Waals surface area contributed by atoms with Crippen molar-refractivity contribution >= 4 is 57.1 Å². The molecule has 0 saturated carbocycles. The average molecular weight is 461 g/mol. The van der Waals surface area contributed by atoms with Gasteiger partial charge in [-0.1, -0.05) is 35.3 Å². The fourth-order valence-electron chi connectivity index (χ4n) is 2.24. The highest BCUT2D eigenvalue weighted by Gasteiger charge is 2.18. The van der Waals surface area contributed by atoms with Crippen molar-refractivity contribution in [1.29, 1.82) is 0 Å². The van der Waals surface area contributed by atoms with E-state index in [1.807, 2.05) is 24.4 Å². The van der Waals surface area contributed by atoms with Gasteiger partial charge in [-0.15, -0.1) is 17.9 Å². The minimum absolute atomic E-state index is 0.633. The molecule has 0 amide bonds. The van der Waals surface area contributed by atoms with Crippen molar-refractivity contribution in [3.05, 3.63) is 62.2 Å². The van der Waals surface area contributed by atoms with Crippen LogP contribution >= 0.6 is 57.1 Å². The molecule has 0 aliphatic rings. The normalized spacial score (nSPS) is 10.9. The Labute approximate surface area is 156 Å². The Kier molecular flexibility index (Phi) is 4.92. The largest absolute Gasteiger partial charge is 0.326 e. The zero-order valence-corrected chi connectivity index (χ0v) is 15.9. The first kappa shape index (κ1) is 16.1. The minimum Gasteiger partial charge on any atom is -0.326 e. The van der Waals surface area contributed by atoms with E-state index in [0.29, 0.717) is 10.0 Å². The van der Waals surface area contributed by atoms with Crippen molar-refractivity contribution in [2.45, 2.75) is 6.54 Å². The van der Waals surface area contributed by atoms with Crippen LogP contribution in [0.5, 0.6) is 0 Å². The maximum atomic E-state index is 6.38. The van der Waals surface area contributed by atoms with Crippen LogP contribution in [0.1, 0.15) is 0 Å². The van der Waals surface area contributed by atoms with E-state index in [-0.39, 0.29) is 0 Å². The van der Waals surface area contributed by atoms with Crippen LogP contribution in [0.15, 0.2) is 49.3 Å². The van der Waals surface area contributed by atoms with Gasteiger partial charge in [0.1, 0.15) is 0 Å². The highest BCUT2D eigenvalue weighted by molar-refractivity contribution is 14.1. The lowest BCUT2D eigenvalue weighted by Gasteiger charge is -2.08. The third-order valence-electron chi connectivity index (χ3n) is 3.17. The molecule has 2 nitrogen and oxygen atoms in total. The number of imidazole rings is 1. The molecule has 0 atom stereocenters. The van der Waals surface area contributed by atoms with Crippen LogP contribution in [0.3, 0.4) is 0 Å². The Bertz CT molecular complexity index is 839. The standard InChI is InChI=1S/C16H11Cl2IN2S/c1-2-6-21-7-5-20-16(21)15-12(9-14(19)22-15)11-4-3-10(17)8-13(11)18/h2-5,7-9H,1,6H2. The molecule has 0 spiro atoms. The number of aromatic nitrogens is 2. The molecule has 22 heavy (non-hydrogen) atoms. The fourth-order valence-corrected chi connectivity index (χ4v) is 4.63. The Morgan fingerprint density at radius 2 is 2.09 bits per heavy atom. The van der Waals surface area contributed by atoms with Gasteiger partial charge < -0.3 is 4.57 Å². The SMILES string of the molecule is C=CCn1ccnc1-c1sc(I)cc1-c1ccc(Cl)cc1Cl. The van der Waals surface area contributed by atoms with Crippen molar-refractivity contribution in [3.8, 4) is 21.8 Å². The Morgan fingerprint density at radius 1 is 1.27 bits per heavy atom. The van der Waals surface area contributed by atoms with E-state index in [9.17, 15) is 0 Å². The summed E-state index contributed by atoms with van der Waals surface area (Å²) in [7, 11) is 0. The molecule has 112 valence electrons. The molecule has 3 aromatic rings.